The second-order valence-corrected chi connectivity index (χ2v) is 9.08. The van der Waals surface area contributed by atoms with Gasteiger partial charge in [0.05, 0.1) is 4.90 Å². The monoisotopic (exact) mass is 443 g/mol. The maximum absolute atomic E-state index is 12.6. The molecule has 0 aliphatic rings. The van der Waals surface area contributed by atoms with Crippen LogP contribution in [0, 0.1) is 4.77 Å². The average Bonchev–Trinajstić information content (AvgIpc) is 3.05. The van der Waals surface area contributed by atoms with Crippen LogP contribution in [0.1, 0.15) is 19.2 Å². The Morgan fingerprint density at radius 2 is 2.07 bits per heavy atom. The number of aromatic amines is 1. The van der Waals surface area contributed by atoms with Crippen LogP contribution in [-0.2, 0) is 27.8 Å². The number of rotatable bonds is 11. The third kappa shape index (κ3) is 6.16. The van der Waals surface area contributed by atoms with Gasteiger partial charge in [0.25, 0.3) is 0 Å². The van der Waals surface area contributed by atoms with Gasteiger partial charge in [-0.3, -0.25) is 9.89 Å². The third-order valence-corrected chi connectivity index (χ3v) is 6.52. The van der Waals surface area contributed by atoms with E-state index < -0.39 is 16.1 Å². The predicted molar refractivity (Wildman–Crippen MR) is 113 cm³/mol. The van der Waals surface area contributed by atoms with Crippen molar-refractivity contribution < 1.29 is 13.2 Å². The number of nitrogens with zero attached hydrogens (tertiary/aromatic N) is 2. The lowest BCUT2D eigenvalue weighted by atomic mass is 10.2. The second kappa shape index (κ2) is 10.7. The number of carbonyl (C=O) groups excluding carboxylic acids is 1. The van der Waals surface area contributed by atoms with Gasteiger partial charge in [-0.25, -0.2) is 8.42 Å². The highest BCUT2D eigenvalue weighted by Gasteiger charge is 2.25. The molecule has 1 aromatic carbocycles. The number of H-pyrrole nitrogens is 1. The molecule has 0 radical (unpaired) electrons. The molecule has 28 heavy (non-hydrogen) atoms. The van der Waals surface area contributed by atoms with E-state index in [9.17, 15) is 13.2 Å². The summed E-state index contributed by atoms with van der Waals surface area (Å²) in [5.74, 6) is 1.05. The molecule has 1 heterocycles. The number of benzene rings is 1. The minimum atomic E-state index is -3.77. The van der Waals surface area contributed by atoms with Crippen LogP contribution < -0.4 is 10.0 Å². The largest absolute Gasteiger partial charge is 0.354 e. The SMILES string of the molecule is CCn1c(CCNC(=O)C(CCSC)NS(=O)(=O)c2ccccc2)n[nH]c1=S. The minimum absolute atomic E-state index is 0.135. The Labute approximate surface area is 174 Å². The zero-order chi connectivity index (χ0) is 20.6. The second-order valence-electron chi connectivity index (χ2n) is 6.00. The first-order chi connectivity index (χ1) is 13.4. The quantitative estimate of drug-likeness (QED) is 0.456. The van der Waals surface area contributed by atoms with Gasteiger partial charge in [0.1, 0.15) is 11.9 Å². The fraction of sp³-hybridized carbons (Fsp3) is 0.471. The summed E-state index contributed by atoms with van der Waals surface area (Å²) in [5, 5.41) is 9.69. The number of nitrogens with one attached hydrogen (secondary N) is 3. The fourth-order valence-electron chi connectivity index (χ4n) is 2.62. The van der Waals surface area contributed by atoms with Crippen molar-refractivity contribution in [1.29, 1.82) is 0 Å². The lowest BCUT2D eigenvalue weighted by Gasteiger charge is -2.18. The van der Waals surface area contributed by atoms with Crippen LogP contribution in [0.25, 0.3) is 0 Å². The Bertz CT molecular complexity index is 925. The van der Waals surface area contributed by atoms with Crippen LogP contribution in [-0.4, -0.2) is 53.7 Å². The van der Waals surface area contributed by atoms with Gasteiger partial charge in [0, 0.05) is 19.5 Å². The van der Waals surface area contributed by atoms with Gasteiger partial charge in [-0.2, -0.15) is 21.6 Å². The van der Waals surface area contributed by atoms with Crippen molar-refractivity contribution in [3.8, 4) is 0 Å². The van der Waals surface area contributed by atoms with E-state index >= 15 is 0 Å². The highest BCUT2D eigenvalue weighted by molar-refractivity contribution is 7.98. The lowest BCUT2D eigenvalue weighted by molar-refractivity contribution is -0.122. The Balaban J connectivity index is 2.01. The maximum atomic E-state index is 12.6. The number of aromatic nitrogens is 3. The van der Waals surface area contributed by atoms with Crippen molar-refractivity contribution in [1.82, 2.24) is 24.8 Å². The number of sulfonamides is 1. The standard InChI is InChI=1S/C17H25N5O3S3/c1-3-22-15(19-20-17(22)26)9-11-18-16(23)14(10-12-27-2)21-28(24,25)13-7-5-4-6-8-13/h4-8,14,21H,3,9-12H2,1-2H3,(H,18,23)(H,20,26). The fourth-order valence-corrected chi connectivity index (χ4v) is 4.62. The van der Waals surface area contributed by atoms with Crippen molar-refractivity contribution in [2.75, 3.05) is 18.6 Å². The summed E-state index contributed by atoms with van der Waals surface area (Å²) in [6, 6.07) is 7.18. The molecule has 8 nitrogen and oxygen atoms in total. The van der Waals surface area contributed by atoms with Gasteiger partial charge in [0.2, 0.25) is 15.9 Å². The molecule has 11 heteroatoms. The Kier molecular flexibility index (Phi) is 8.67. The molecule has 1 aromatic heterocycles. The first-order valence-electron chi connectivity index (χ1n) is 8.87. The third-order valence-electron chi connectivity index (χ3n) is 4.08. The summed E-state index contributed by atoms with van der Waals surface area (Å²) in [6.07, 6.45) is 2.80. The molecule has 2 aromatic rings. The van der Waals surface area contributed by atoms with Crippen LogP contribution in [0.2, 0.25) is 0 Å². The van der Waals surface area contributed by atoms with Gasteiger partial charge >= 0.3 is 0 Å². The molecular weight excluding hydrogens is 418 g/mol. The van der Waals surface area contributed by atoms with Crippen LogP contribution in [0.5, 0.6) is 0 Å². The van der Waals surface area contributed by atoms with Gasteiger partial charge in [-0.15, -0.1) is 0 Å². The van der Waals surface area contributed by atoms with Crippen LogP contribution in [0.4, 0.5) is 0 Å². The molecule has 3 N–H and O–H groups in total. The molecule has 0 spiro atoms. The summed E-state index contributed by atoms with van der Waals surface area (Å²) in [4.78, 5) is 12.7. The summed E-state index contributed by atoms with van der Waals surface area (Å²) >= 11 is 6.70. The van der Waals surface area contributed by atoms with Crippen LogP contribution in [0.3, 0.4) is 0 Å². The summed E-state index contributed by atoms with van der Waals surface area (Å²) in [6.45, 7) is 2.98. The van der Waals surface area contributed by atoms with E-state index in [2.05, 4.69) is 20.2 Å². The predicted octanol–water partition coefficient (Wildman–Crippen LogP) is 1.72. The van der Waals surface area contributed by atoms with Gasteiger partial charge in [-0.1, -0.05) is 18.2 Å². The number of thioether (sulfide) groups is 1. The number of carbonyl (C=O) groups is 1. The van der Waals surface area contributed by atoms with Crippen molar-refractivity contribution in [2.45, 2.75) is 37.2 Å². The first-order valence-corrected chi connectivity index (χ1v) is 12.2. The molecular formula is C17H25N5O3S3. The Morgan fingerprint density at radius 1 is 1.36 bits per heavy atom. The molecule has 0 saturated heterocycles. The van der Waals surface area contributed by atoms with E-state index in [-0.39, 0.29) is 10.8 Å². The Hall–Kier alpha value is -1.69. The summed E-state index contributed by atoms with van der Waals surface area (Å²) < 4.78 is 30.0. The molecule has 0 aliphatic heterocycles. The van der Waals surface area contributed by atoms with Crippen LogP contribution >= 0.6 is 24.0 Å². The molecule has 0 aliphatic carbocycles. The molecule has 1 atom stereocenters. The maximum Gasteiger partial charge on any atom is 0.241 e. The highest BCUT2D eigenvalue weighted by Crippen LogP contribution is 2.10. The number of amides is 1. The molecule has 0 fully saturated rings. The van der Waals surface area contributed by atoms with Crippen molar-refractivity contribution >= 4 is 39.9 Å². The molecule has 0 bridgehead atoms. The normalized spacial score (nSPS) is 12.6. The number of hydrogen-bond donors (Lipinski definition) is 3. The van der Waals surface area contributed by atoms with Crippen molar-refractivity contribution in [2.24, 2.45) is 0 Å². The average molecular weight is 444 g/mol. The smallest absolute Gasteiger partial charge is 0.241 e. The Morgan fingerprint density at radius 3 is 2.71 bits per heavy atom. The number of hydrogen-bond acceptors (Lipinski definition) is 6. The molecule has 1 amide bonds. The minimum Gasteiger partial charge on any atom is -0.354 e. The highest BCUT2D eigenvalue weighted by atomic mass is 32.2. The van der Waals surface area contributed by atoms with Gasteiger partial charge in [0.15, 0.2) is 4.77 Å². The molecule has 154 valence electrons. The van der Waals surface area contributed by atoms with E-state index in [1.54, 1.807) is 30.0 Å². The molecule has 0 saturated carbocycles. The first kappa shape index (κ1) is 22.6. The lowest BCUT2D eigenvalue weighted by Crippen LogP contribution is -2.47. The van der Waals surface area contributed by atoms with E-state index in [1.807, 2.05) is 17.7 Å². The van der Waals surface area contributed by atoms with Crippen molar-refractivity contribution in [3.05, 3.63) is 40.9 Å². The van der Waals surface area contributed by atoms with E-state index in [0.717, 1.165) is 5.82 Å². The topological polar surface area (TPSA) is 109 Å². The van der Waals surface area contributed by atoms with E-state index in [0.29, 0.717) is 36.5 Å². The van der Waals surface area contributed by atoms with E-state index in [1.165, 1.54) is 12.1 Å². The molecule has 2 rings (SSSR count). The van der Waals surface area contributed by atoms with Crippen LogP contribution in [0.15, 0.2) is 35.2 Å². The zero-order valence-corrected chi connectivity index (χ0v) is 18.3. The van der Waals surface area contributed by atoms with Gasteiger partial charge < -0.3 is 9.88 Å². The molecule has 1 unspecified atom stereocenters. The zero-order valence-electron chi connectivity index (χ0n) is 15.8. The van der Waals surface area contributed by atoms with Gasteiger partial charge in [-0.05, 0) is 49.7 Å². The van der Waals surface area contributed by atoms with E-state index in [4.69, 9.17) is 12.2 Å². The van der Waals surface area contributed by atoms with Crippen molar-refractivity contribution in [3.63, 3.8) is 0 Å². The summed E-state index contributed by atoms with van der Waals surface area (Å²) in [7, 11) is -3.77. The summed E-state index contributed by atoms with van der Waals surface area (Å²) in [5.41, 5.74) is 0.